The Bertz CT molecular complexity index is 693. The number of hydrogen-bond acceptors (Lipinski definition) is 4. The lowest BCUT2D eigenvalue weighted by Gasteiger charge is -2.22. The van der Waals surface area contributed by atoms with Gasteiger partial charge < -0.3 is 0 Å². The van der Waals surface area contributed by atoms with E-state index in [0.717, 1.165) is 28.6 Å². The van der Waals surface area contributed by atoms with Crippen LogP contribution in [-0.4, -0.2) is 15.7 Å². The van der Waals surface area contributed by atoms with Crippen LogP contribution in [0.5, 0.6) is 0 Å². The van der Waals surface area contributed by atoms with Crippen LogP contribution >= 0.6 is 0 Å². The first-order valence-corrected chi connectivity index (χ1v) is 8.85. The maximum absolute atomic E-state index is 4.43. The smallest absolute Gasteiger partial charge is 0.243 e. The first-order chi connectivity index (χ1) is 11.6. The van der Waals surface area contributed by atoms with Gasteiger partial charge in [-0.25, -0.2) is 15.4 Å². The van der Waals surface area contributed by atoms with E-state index in [2.05, 4.69) is 44.8 Å². The minimum absolute atomic E-state index is 0.547. The second-order valence-electron chi connectivity index (χ2n) is 6.74. The Balaban J connectivity index is 1.68. The summed E-state index contributed by atoms with van der Waals surface area (Å²) >= 11 is 0. The molecule has 0 atom stereocenters. The molecule has 0 bridgehead atoms. The zero-order valence-corrected chi connectivity index (χ0v) is 14.8. The van der Waals surface area contributed by atoms with Crippen LogP contribution in [0.15, 0.2) is 35.4 Å². The van der Waals surface area contributed by atoms with E-state index >= 15 is 0 Å². The molecule has 0 amide bonds. The molecule has 1 fully saturated rings. The number of aromatic nitrogens is 2. The maximum Gasteiger partial charge on any atom is 0.243 e. The lowest BCUT2D eigenvalue weighted by molar-refractivity contribution is 0.443. The molecule has 1 N–H and O–H groups in total. The molecule has 1 saturated carbocycles. The molecule has 0 radical (unpaired) electrons. The van der Waals surface area contributed by atoms with Gasteiger partial charge in [-0.15, -0.1) is 0 Å². The van der Waals surface area contributed by atoms with Crippen molar-refractivity contribution in [2.45, 2.75) is 58.8 Å². The van der Waals surface area contributed by atoms with E-state index in [0.29, 0.717) is 5.95 Å². The Morgan fingerprint density at radius 1 is 1.00 bits per heavy atom. The molecule has 0 spiro atoms. The van der Waals surface area contributed by atoms with Gasteiger partial charge in [-0.05, 0) is 56.7 Å². The molecule has 0 unspecified atom stereocenters. The van der Waals surface area contributed by atoms with Crippen molar-refractivity contribution in [2.75, 3.05) is 5.43 Å². The Kier molecular flexibility index (Phi) is 5.24. The largest absolute Gasteiger partial charge is 0.245 e. The molecular weight excluding hydrogens is 296 g/mol. The summed E-state index contributed by atoms with van der Waals surface area (Å²) in [6.45, 7) is 5.92. The molecule has 0 saturated heterocycles. The summed E-state index contributed by atoms with van der Waals surface area (Å²) in [4.78, 5) is 8.69. The summed E-state index contributed by atoms with van der Waals surface area (Å²) in [6, 6.07) is 10.8. The number of aryl methyl sites for hydroxylation is 2. The predicted molar refractivity (Wildman–Crippen MR) is 99.6 cm³/mol. The van der Waals surface area contributed by atoms with Gasteiger partial charge in [-0.1, -0.05) is 43.5 Å². The fourth-order valence-corrected chi connectivity index (χ4v) is 3.41. The van der Waals surface area contributed by atoms with Crippen molar-refractivity contribution < 1.29 is 0 Å². The summed E-state index contributed by atoms with van der Waals surface area (Å²) in [5.41, 5.74) is 8.39. The maximum atomic E-state index is 4.43. The van der Waals surface area contributed by atoms with Crippen molar-refractivity contribution in [2.24, 2.45) is 5.10 Å². The first kappa shape index (κ1) is 16.6. The van der Waals surface area contributed by atoms with E-state index in [1.165, 1.54) is 37.7 Å². The summed E-state index contributed by atoms with van der Waals surface area (Å²) in [5.74, 6) is 1.29. The standard InChI is InChI=1S/C20H26N4/c1-14-13-15(2)22-20(21-14)24-23-16(3)17-9-11-19(12-10-17)18-7-5-4-6-8-18/h9-13,18H,4-8H2,1-3H3,(H,21,22,24)/b23-16-. The van der Waals surface area contributed by atoms with Gasteiger partial charge in [0.25, 0.3) is 0 Å². The summed E-state index contributed by atoms with van der Waals surface area (Å²) in [5, 5.41) is 4.43. The van der Waals surface area contributed by atoms with Crippen molar-refractivity contribution >= 4 is 11.7 Å². The predicted octanol–water partition coefficient (Wildman–Crippen LogP) is 4.98. The van der Waals surface area contributed by atoms with Crippen LogP contribution in [-0.2, 0) is 0 Å². The molecular formula is C20H26N4. The van der Waals surface area contributed by atoms with E-state index in [9.17, 15) is 0 Å². The molecule has 1 aliphatic rings. The Morgan fingerprint density at radius 3 is 2.25 bits per heavy atom. The van der Waals surface area contributed by atoms with Gasteiger partial charge in [0.1, 0.15) is 0 Å². The number of nitrogens with zero attached hydrogens (tertiary/aromatic N) is 3. The number of nitrogens with one attached hydrogen (secondary N) is 1. The monoisotopic (exact) mass is 322 g/mol. The number of rotatable bonds is 4. The first-order valence-electron chi connectivity index (χ1n) is 8.85. The van der Waals surface area contributed by atoms with Gasteiger partial charge in [-0.2, -0.15) is 5.10 Å². The second kappa shape index (κ2) is 7.56. The van der Waals surface area contributed by atoms with Gasteiger partial charge in [-0.3, -0.25) is 0 Å². The molecule has 1 heterocycles. The van der Waals surface area contributed by atoms with Crippen LogP contribution in [0.25, 0.3) is 0 Å². The molecule has 0 aliphatic heterocycles. The molecule has 1 aromatic carbocycles. The minimum Gasteiger partial charge on any atom is -0.245 e. The van der Waals surface area contributed by atoms with Crippen LogP contribution in [0.3, 0.4) is 0 Å². The fraction of sp³-hybridized carbons (Fsp3) is 0.450. The third kappa shape index (κ3) is 4.19. The van der Waals surface area contributed by atoms with E-state index in [1.54, 1.807) is 0 Å². The zero-order valence-electron chi connectivity index (χ0n) is 14.8. The highest BCUT2D eigenvalue weighted by Crippen LogP contribution is 2.32. The Labute approximate surface area is 144 Å². The van der Waals surface area contributed by atoms with Crippen molar-refractivity contribution in [3.8, 4) is 0 Å². The normalized spacial score (nSPS) is 16.2. The van der Waals surface area contributed by atoms with Crippen LogP contribution < -0.4 is 5.43 Å². The topological polar surface area (TPSA) is 50.2 Å². The average Bonchev–Trinajstić information content (AvgIpc) is 2.60. The lowest BCUT2D eigenvalue weighted by atomic mass is 9.84. The average molecular weight is 322 g/mol. The van der Waals surface area contributed by atoms with Crippen molar-refractivity contribution in [3.63, 3.8) is 0 Å². The molecule has 4 nitrogen and oxygen atoms in total. The van der Waals surface area contributed by atoms with E-state index in [-0.39, 0.29) is 0 Å². The number of benzene rings is 1. The van der Waals surface area contributed by atoms with E-state index in [4.69, 9.17) is 0 Å². The molecule has 126 valence electrons. The van der Waals surface area contributed by atoms with E-state index in [1.807, 2.05) is 26.8 Å². The molecule has 1 aliphatic carbocycles. The van der Waals surface area contributed by atoms with Gasteiger partial charge in [0, 0.05) is 11.4 Å². The Morgan fingerprint density at radius 2 is 1.62 bits per heavy atom. The van der Waals surface area contributed by atoms with Crippen molar-refractivity contribution in [1.82, 2.24) is 9.97 Å². The van der Waals surface area contributed by atoms with Gasteiger partial charge >= 0.3 is 0 Å². The highest BCUT2D eigenvalue weighted by Gasteiger charge is 2.15. The summed E-state index contributed by atoms with van der Waals surface area (Å²) in [7, 11) is 0. The lowest BCUT2D eigenvalue weighted by Crippen LogP contribution is -2.06. The Hall–Kier alpha value is -2.23. The van der Waals surface area contributed by atoms with Gasteiger partial charge in [0.2, 0.25) is 5.95 Å². The van der Waals surface area contributed by atoms with Gasteiger partial charge in [0.05, 0.1) is 5.71 Å². The van der Waals surface area contributed by atoms with Crippen molar-refractivity contribution in [1.29, 1.82) is 0 Å². The number of hydrazone groups is 1. The summed E-state index contributed by atoms with van der Waals surface area (Å²) in [6.07, 6.45) is 6.79. The molecule has 3 rings (SSSR count). The zero-order chi connectivity index (χ0) is 16.9. The van der Waals surface area contributed by atoms with E-state index < -0.39 is 0 Å². The minimum atomic E-state index is 0.547. The van der Waals surface area contributed by atoms with Gasteiger partial charge in [0.15, 0.2) is 0 Å². The highest BCUT2D eigenvalue weighted by molar-refractivity contribution is 5.99. The third-order valence-electron chi connectivity index (χ3n) is 4.71. The molecule has 4 heteroatoms. The van der Waals surface area contributed by atoms with Crippen LogP contribution in [0.4, 0.5) is 5.95 Å². The summed E-state index contributed by atoms with van der Waals surface area (Å²) < 4.78 is 0. The SMILES string of the molecule is C/C(=N/Nc1nc(C)cc(C)n1)c1ccc(C2CCCCC2)cc1. The van der Waals surface area contributed by atoms with Crippen molar-refractivity contribution in [3.05, 3.63) is 52.8 Å². The third-order valence-corrected chi connectivity index (χ3v) is 4.71. The molecule has 1 aromatic heterocycles. The number of anilines is 1. The fourth-order valence-electron chi connectivity index (χ4n) is 3.41. The van der Waals surface area contributed by atoms with Crippen LogP contribution in [0.1, 0.15) is 67.5 Å². The van der Waals surface area contributed by atoms with Crippen LogP contribution in [0.2, 0.25) is 0 Å². The quantitative estimate of drug-likeness (QED) is 0.638. The van der Waals surface area contributed by atoms with Crippen LogP contribution in [0, 0.1) is 13.8 Å². The second-order valence-corrected chi connectivity index (χ2v) is 6.74. The number of hydrogen-bond donors (Lipinski definition) is 1. The highest BCUT2D eigenvalue weighted by atomic mass is 15.4. The molecule has 2 aromatic rings. The molecule has 24 heavy (non-hydrogen) atoms.